The summed E-state index contributed by atoms with van der Waals surface area (Å²) in [5.74, 6) is 1.01. The number of fused-ring (bicyclic) bond motifs is 1. The van der Waals surface area contributed by atoms with Crippen LogP contribution in [0.4, 0.5) is 5.69 Å². The van der Waals surface area contributed by atoms with E-state index in [2.05, 4.69) is 37.4 Å². The van der Waals surface area contributed by atoms with Crippen LogP contribution in [0.25, 0.3) is 27.7 Å². The minimum atomic E-state index is -0.245. The Hall–Kier alpha value is -3.99. The standard InChI is InChI=1S/C29H29NO4/c1-17-7-9-21(19(3)11-17)24-16-34-28-15-27(33-6)22(14-23(24)28)20(4)13-29(31)30-25-12-18(2)8-10-26(25)32-5/h7-16H,1-6H3,(H,30,31)/b20-13+. The summed E-state index contributed by atoms with van der Waals surface area (Å²) in [4.78, 5) is 12.9. The zero-order valence-electron chi connectivity index (χ0n) is 20.4. The zero-order valence-corrected chi connectivity index (χ0v) is 20.4. The van der Waals surface area contributed by atoms with E-state index >= 15 is 0 Å². The highest BCUT2D eigenvalue weighted by Crippen LogP contribution is 2.38. The van der Waals surface area contributed by atoms with Crippen LogP contribution in [-0.4, -0.2) is 20.1 Å². The molecule has 0 spiro atoms. The molecule has 0 saturated carbocycles. The molecule has 0 aliphatic heterocycles. The molecule has 0 aliphatic rings. The Morgan fingerprint density at radius 1 is 0.882 bits per heavy atom. The molecule has 1 N–H and O–H groups in total. The number of hydrogen-bond acceptors (Lipinski definition) is 4. The van der Waals surface area contributed by atoms with Gasteiger partial charge < -0.3 is 19.2 Å². The molecule has 0 aliphatic carbocycles. The monoisotopic (exact) mass is 455 g/mol. The number of rotatable bonds is 6. The summed E-state index contributed by atoms with van der Waals surface area (Å²) < 4.78 is 16.9. The lowest BCUT2D eigenvalue weighted by atomic mass is 9.96. The van der Waals surface area contributed by atoms with Crippen LogP contribution in [0.1, 0.15) is 29.2 Å². The maximum Gasteiger partial charge on any atom is 0.248 e. The molecule has 0 radical (unpaired) electrons. The smallest absolute Gasteiger partial charge is 0.248 e. The maximum atomic E-state index is 12.9. The summed E-state index contributed by atoms with van der Waals surface area (Å²) in [5, 5.41) is 3.89. The van der Waals surface area contributed by atoms with E-state index in [4.69, 9.17) is 13.9 Å². The van der Waals surface area contributed by atoms with Crippen molar-refractivity contribution < 1.29 is 18.7 Å². The molecule has 0 unspecified atom stereocenters. The first-order valence-electron chi connectivity index (χ1n) is 11.1. The molecule has 0 atom stereocenters. The molecule has 5 nitrogen and oxygen atoms in total. The largest absolute Gasteiger partial charge is 0.496 e. The van der Waals surface area contributed by atoms with Gasteiger partial charge in [-0.1, -0.05) is 29.8 Å². The van der Waals surface area contributed by atoms with Gasteiger partial charge >= 0.3 is 0 Å². The average molecular weight is 456 g/mol. The van der Waals surface area contributed by atoms with Crippen LogP contribution in [-0.2, 0) is 4.79 Å². The lowest BCUT2D eigenvalue weighted by molar-refractivity contribution is -0.111. The van der Waals surface area contributed by atoms with Crippen LogP contribution in [0.5, 0.6) is 11.5 Å². The fourth-order valence-corrected chi connectivity index (χ4v) is 4.22. The highest BCUT2D eigenvalue weighted by Gasteiger charge is 2.16. The van der Waals surface area contributed by atoms with E-state index in [9.17, 15) is 4.79 Å². The molecule has 0 fully saturated rings. The lowest BCUT2D eigenvalue weighted by Gasteiger charge is -2.12. The highest BCUT2D eigenvalue weighted by molar-refractivity contribution is 6.06. The lowest BCUT2D eigenvalue weighted by Crippen LogP contribution is -2.10. The molecule has 5 heteroatoms. The number of methoxy groups -OCH3 is 2. The first-order chi connectivity index (χ1) is 16.3. The second-order valence-corrected chi connectivity index (χ2v) is 8.54. The van der Waals surface area contributed by atoms with Crippen molar-refractivity contribution in [2.75, 3.05) is 19.5 Å². The number of carbonyl (C=O) groups is 1. The molecule has 174 valence electrons. The molecule has 3 aromatic carbocycles. The summed E-state index contributed by atoms with van der Waals surface area (Å²) in [6.45, 7) is 8.04. The van der Waals surface area contributed by atoms with Crippen molar-refractivity contribution in [3.05, 3.63) is 83.1 Å². The minimum Gasteiger partial charge on any atom is -0.496 e. The summed E-state index contributed by atoms with van der Waals surface area (Å²) in [6, 6.07) is 15.9. The van der Waals surface area contributed by atoms with Crippen LogP contribution in [0.3, 0.4) is 0 Å². The van der Waals surface area contributed by atoms with Crippen molar-refractivity contribution in [2.24, 2.45) is 0 Å². The van der Waals surface area contributed by atoms with E-state index in [0.29, 0.717) is 17.2 Å². The number of anilines is 1. The highest BCUT2D eigenvalue weighted by atomic mass is 16.5. The summed E-state index contributed by atoms with van der Waals surface area (Å²) in [6.07, 6.45) is 3.35. The van der Waals surface area contributed by atoms with E-state index < -0.39 is 0 Å². The van der Waals surface area contributed by atoms with E-state index in [0.717, 1.165) is 38.8 Å². The molecular formula is C29H29NO4. The summed E-state index contributed by atoms with van der Waals surface area (Å²) in [5.41, 5.74) is 8.52. The maximum absolute atomic E-state index is 12.9. The Bertz CT molecular complexity index is 1410. The molecule has 4 rings (SSSR count). The predicted molar refractivity (Wildman–Crippen MR) is 138 cm³/mol. The number of nitrogens with one attached hydrogen (secondary N) is 1. The zero-order chi connectivity index (χ0) is 24.4. The van der Waals surface area contributed by atoms with E-state index in [1.165, 1.54) is 11.1 Å². The Morgan fingerprint density at radius 3 is 2.29 bits per heavy atom. The van der Waals surface area contributed by atoms with Gasteiger partial charge in [0, 0.05) is 28.7 Å². The van der Waals surface area contributed by atoms with Gasteiger partial charge in [0.2, 0.25) is 5.91 Å². The third kappa shape index (κ3) is 4.55. The number of benzene rings is 3. The molecule has 4 aromatic rings. The number of amides is 1. The Morgan fingerprint density at radius 2 is 1.59 bits per heavy atom. The van der Waals surface area contributed by atoms with Gasteiger partial charge in [0.25, 0.3) is 0 Å². The summed E-state index contributed by atoms with van der Waals surface area (Å²) >= 11 is 0. The fourth-order valence-electron chi connectivity index (χ4n) is 4.22. The van der Waals surface area contributed by atoms with Crippen molar-refractivity contribution in [3.8, 4) is 22.6 Å². The fraction of sp³-hybridized carbons (Fsp3) is 0.207. The van der Waals surface area contributed by atoms with Crippen molar-refractivity contribution in [2.45, 2.75) is 27.7 Å². The second kappa shape index (κ2) is 9.48. The van der Waals surface area contributed by atoms with Crippen molar-refractivity contribution in [1.29, 1.82) is 0 Å². The topological polar surface area (TPSA) is 60.7 Å². The molecule has 1 heterocycles. The molecule has 34 heavy (non-hydrogen) atoms. The van der Waals surface area contributed by atoms with Crippen LogP contribution in [0.15, 0.2) is 65.3 Å². The third-order valence-electron chi connectivity index (χ3n) is 5.95. The van der Waals surface area contributed by atoms with E-state index in [1.54, 1.807) is 26.6 Å². The van der Waals surface area contributed by atoms with Crippen LogP contribution < -0.4 is 14.8 Å². The van der Waals surface area contributed by atoms with Gasteiger partial charge in [-0.3, -0.25) is 4.79 Å². The summed E-state index contributed by atoms with van der Waals surface area (Å²) in [7, 11) is 3.20. The number of hydrogen-bond donors (Lipinski definition) is 1. The van der Waals surface area contributed by atoms with Gasteiger partial charge in [-0.05, 0) is 68.2 Å². The third-order valence-corrected chi connectivity index (χ3v) is 5.95. The number of ether oxygens (including phenoxy) is 2. The van der Waals surface area contributed by atoms with Gasteiger partial charge in [-0.25, -0.2) is 0 Å². The first kappa shape index (κ1) is 23.2. The predicted octanol–water partition coefficient (Wildman–Crippen LogP) is 7.08. The molecule has 0 saturated heterocycles. The number of aryl methyl sites for hydroxylation is 3. The van der Waals surface area contributed by atoms with E-state index in [1.807, 2.05) is 44.2 Å². The van der Waals surface area contributed by atoms with Gasteiger partial charge in [0.1, 0.15) is 17.1 Å². The first-order valence-corrected chi connectivity index (χ1v) is 11.1. The normalized spacial score (nSPS) is 11.5. The SMILES string of the molecule is COc1ccc(C)cc1NC(=O)/C=C(\C)c1cc2c(-c3ccc(C)cc3C)coc2cc1OC. The Kier molecular flexibility index (Phi) is 6.46. The van der Waals surface area contributed by atoms with Crippen LogP contribution in [0, 0.1) is 20.8 Å². The molecule has 1 amide bonds. The second-order valence-electron chi connectivity index (χ2n) is 8.54. The Balaban J connectivity index is 1.73. The number of furan rings is 1. The molecule has 1 aromatic heterocycles. The van der Waals surface area contributed by atoms with Crippen LogP contribution in [0.2, 0.25) is 0 Å². The van der Waals surface area contributed by atoms with Crippen molar-refractivity contribution >= 4 is 28.1 Å². The number of carbonyl (C=O) groups excluding carboxylic acids is 1. The Labute approximate surface area is 200 Å². The molecule has 0 bridgehead atoms. The number of allylic oxidation sites excluding steroid dienone is 1. The van der Waals surface area contributed by atoms with E-state index in [-0.39, 0.29) is 5.91 Å². The quantitative estimate of drug-likeness (QED) is 0.316. The molecular weight excluding hydrogens is 426 g/mol. The van der Waals surface area contributed by atoms with Gasteiger partial charge in [0.05, 0.1) is 26.2 Å². The minimum absolute atomic E-state index is 0.245. The van der Waals surface area contributed by atoms with Crippen molar-refractivity contribution in [3.63, 3.8) is 0 Å². The van der Waals surface area contributed by atoms with Crippen molar-refractivity contribution in [1.82, 2.24) is 0 Å². The van der Waals surface area contributed by atoms with Gasteiger partial charge in [-0.15, -0.1) is 0 Å². The van der Waals surface area contributed by atoms with Gasteiger partial charge in [0.15, 0.2) is 0 Å². The van der Waals surface area contributed by atoms with Crippen LogP contribution >= 0.6 is 0 Å². The average Bonchev–Trinajstić information content (AvgIpc) is 3.21. The van der Waals surface area contributed by atoms with Gasteiger partial charge in [-0.2, -0.15) is 0 Å².